The van der Waals surface area contributed by atoms with E-state index >= 15 is 0 Å². The Morgan fingerprint density at radius 1 is 1.16 bits per heavy atom. The lowest BCUT2D eigenvalue weighted by Gasteiger charge is -2.13. The number of rotatable bonds is 8. The van der Waals surface area contributed by atoms with Crippen molar-refractivity contribution in [1.29, 1.82) is 0 Å². The maximum absolute atomic E-state index is 12.1. The van der Waals surface area contributed by atoms with Crippen LogP contribution in [0, 0.1) is 0 Å². The summed E-state index contributed by atoms with van der Waals surface area (Å²) >= 11 is 0. The molecule has 25 heavy (non-hydrogen) atoms. The summed E-state index contributed by atoms with van der Waals surface area (Å²) in [5.41, 5.74) is 1.01. The molecule has 2 amide bonds. The molecular weight excluding hydrogens is 344 g/mol. The molecule has 2 N–H and O–H groups in total. The maximum atomic E-state index is 12.1. The van der Waals surface area contributed by atoms with E-state index in [-0.39, 0.29) is 18.1 Å². The van der Waals surface area contributed by atoms with E-state index < -0.39 is 27.7 Å². The second-order valence-corrected chi connectivity index (χ2v) is 7.76. The van der Waals surface area contributed by atoms with Crippen molar-refractivity contribution in [3.63, 3.8) is 0 Å². The van der Waals surface area contributed by atoms with Gasteiger partial charge in [-0.2, -0.15) is 0 Å². The first-order chi connectivity index (χ1) is 11.9. The topological polar surface area (TPSA) is 105 Å². The van der Waals surface area contributed by atoms with Crippen molar-refractivity contribution < 1.29 is 22.4 Å². The van der Waals surface area contributed by atoms with Crippen LogP contribution in [-0.2, 0) is 20.4 Å². The Hall–Kier alpha value is -2.61. The summed E-state index contributed by atoms with van der Waals surface area (Å²) in [6.45, 7) is 1.51. The van der Waals surface area contributed by atoms with E-state index in [4.69, 9.17) is 4.42 Å². The van der Waals surface area contributed by atoms with E-state index in [1.807, 2.05) is 6.07 Å². The van der Waals surface area contributed by atoms with Crippen LogP contribution in [0.4, 0.5) is 0 Å². The predicted octanol–water partition coefficient (Wildman–Crippen LogP) is 1.13. The lowest BCUT2D eigenvalue weighted by atomic mass is 10.2. The van der Waals surface area contributed by atoms with Gasteiger partial charge in [0.15, 0.2) is 9.84 Å². The number of sulfone groups is 1. The Kier molecular flexibility index (Phi) is 6.35. The molecule has 1 heterocycles. The van der Waals surface area contributed by atoms with Crippen LogP contribution in [0.5, 0.6) is 0 Å². The molecule has 0 aliphatic carbocycles. The molecule has 134 valence electrons. The molecular formula is C17H20N2O5S. The van der Waals surface area contributed by atoms with E-state index in [0.717, 1.165) is 0 Å². The summed E-state index contributed by atoms with van der Waals surface area (Å²) in [5, 5.41) is 5.03. The number of hydrogen-bond donors (Lipinski definition) is 2. The Bertz CT molecular complexity index is 801. The minimum absolute atomic E-state index is 0.0140. The third-order valence-electron chi connectivity index (χ3n) is 3.47. The summed E-state index contributed by atoms with van der Waals surface area (Å²) in [7, 11) is -3.33. The Morgan fingerprint density at radius 3 is 2.52 bits per heavy atom. The van der Waals surface area contributed by atoms with Crippen LogP contribution in [0.1, 0.15) is 22.8 Å². The molecule has 0 radical (unpaired) electrons. The van der Waals surface area contributed by atoms with Crippen molar-refractivity contribution in [3.05, 3.63) is 60.1 Å². The molecule has 1 atom stereocenters. The predicted molar refractivity (Wildman–Crippen MR) is 92.6 cm³/mol. The van der Waals surface area contributed by atoms with Gasteiger partial charge < -0.3 is 15.1 Å². The van der Waals surface area contributed by atoms with E-state index in [2.05, 4.69) is 10.6 Å². The standard InChI is InChI=1S/C17H20N2O5S/c1-13(19-17(21)15-7-9-24-11-15)16(20)18-8-10-25(22,23)12-14-5-3-2-4-6-14/h2-7,9,11,13H,8,10,12H2,1H3,(H,18,20)(H,19,21)/t13-/m1/s1. The first kappa shape index (κ1) is 18.7. The fraction of sp³-hybridized carbons (Fsp3) is 0.294. The normalized spacial score (nSPS) is 12.4. The number of carbonyl (C=O) groups is 2. The highest BCUT2D eigenvalue weighted by molar-refractivity contribution is 7.90. The average molecular weight is 364 g/mol. The summed E-state index contributed by atoms with van der Waals surface area (Å²) < 4.78 is 28.9. The van der Waals surface area contributed by atoms with Crippen LogP contribution in [0.2, 0.25) is 0 Å². The average Bonchev–Trinajstić information content (AvgIpc) is 3.09. The Morgan fingerprint density at radius 2 is 1.88 bits per heavy atom. The quantitative estimate of drug-likeness (QED) is 0.730. The number of amides is 2. The molecule has 2 aromatic rings. The number of nitrogens with one attached hydrogen (secondary N) is 2. The zero-order valence-electron chi connectivity index (χ0n) is 13.8. The lowest BCUT2D eigenvalue weighted by Crippen LogP contribution is -2.45. The first-order valence-corrected chi connectivity index (χ1v) is 9.54. The van der Waals surface area contributed by atoms with E-state index in [1.54, 1.807) is 24.3 Å². The SMILES string of the molecule is C[C@@H](NC(=O)c1ccoc1)C(=O)NCCS(=O)(=O)Cc1ccccc1. The van der Waals surface area contributed by atoms with Gasteiger partial charge in [-0.1, -0.05) is 30.3 Å². The molecule has 0 unspecified atom stereocenters. The highest BCUT2D eigenvalue weighted by Crippen LogP contribution is 2.05. The van der Waals surface area contributed by atoms with Crippen LogP contribution in [0.25, 0.3) is 0 Å². The Labute approximate surface area is 146 Å². The smallest absolute Gasteiger partial charge is 0.255 e. The van der Waals surface area contributed by atoms with Gasteiger partial charge in [0.1, 0.15) is 12.3 Å². The van der Waals surface area contributed by atoms with Crippen molar-refractivity contribution in [1.82, 2.24) is 10.6 Å². The molecule has 1 aromatic heterocycles. The fourth-order valence-electron chi connectivity index (χ4n) is 2.12. The zero-order valence-corrected chi connectivity index (χ0v) is 14.6. The number of furan rings is 1. The summed E-state index contributed by atoms with van der Waals surface area (Å²) in [6, 6.07) is 9.53. The molecule has 0 saturated heterocycles. The Balaban J connectivity index is 1.76. The van der Waals surface area contributed by atoms with Gasteiger partial charge in [0.05, 0.1) is 23.3 Å². The number of hydrogen-bond acceptors (Lipinski definition) is 5. The van der Waals surface area contributed by atoms with Gasteiger partial charge in [-0.05, 0) is 18.6 Å². The van der Waals surface area contributed by atoms with Crippen molar-refractivity contribution in [2.75, 3.05) is 12.3 Å². The van der Waals surface area contributed by atoms with Gasteiger partial charge >= 0.3 is 0 Å². The number of carbonyl (C=O) groups excluding carboxylic acids is 2. The van der Waals surface area contributed by atoms with Gasteiger partial charge in [-0.3, -0.25) is 9.59 Å². The van der Waals surface area contributed by atoms with Gasteiger partial charge in [0.25, 0.3) is 5.91 Å². The second kappa shape index (κ2) is 8.48. The molecule has 2 rings (SSSR count). The van der Waals surface area contributed by atoms with Crippen LogP contribution < -0.4 is 10.6 Å². The minimum Gasteiger partial charge on any atom is -0.472 e. The summed E-state index contributed by atoms with van der Waals surface area (Å²) in [4.78, 5) is 23.8. The molecule has 0 aliphatic heterocycles. The molecule has 0 saturated carbocycles. The van der Waals surface area contributed by atoms with Crippen molar-refractivity contribution >= 4 is 21.7 Å². The van der Waals surface area contributed by atoms with Crippen LogP contribution >= 0.6 is 0 Å². The molecule has 0 spiro atoms. The van der Waals surface area contributed by atoms with Gasteiger partial charge in [-0.25, -0.2) is 8.42 Å². The second-order valence-electron chi connectivity index (χ2n) is 5.58. The monoisotopic (exact) mass is 364 g/mol. The van der Waals surface area contributed by atoms with Crippen molar-refractivity contribution in [2.45, 2.75) is 18.7 Å². The molecule has 0 bridgehead atoms. The molecule has 0 aliphatic rings. The largest absolute Gasteiger partial charge is 0.472 e. The van der Waals surface area contributed by atoms with Gasteiger partial charge in [-0.15, -0.1) is 0 Å². The summed E-state index contributed by atoms with van der Waals surface area (Å²) in [5.74, 6) is -1.13. The van der Waals surface area contributed by atoms with Crippen molar-refractivity contribution in [2.24, 2.45) is 0 Å². The molecule has 1 aromatic carbocycles. The molecule has 7 nitrogen and oxygen atoms in total. The third kappa shape index (κ3) is 6.07. The van der Waals surface area contributed by atoms with Crippen LogP contribution in [0.3, 0.4) is 0 Å². The number of benzene rings is 1. The van der Waals surface area contributed by atoms with E-state index in [9.17, 15) is 18.0 Å². The zero-order chi connectivity index (χ0) is 18.3. The fourth-order valence-corrected chi connectivity index (χ4v) is 3.38. The highest BCUT2D eigenvalue weighted by Gasteiger charge is 2.18. The summed E-state index contributed by atoms with van der Waals surface area (Å²) in [6.07, 6.45) is 2.63. The molecule has 0 fully saturated rings. The lowest BCUT2D eigenvalue weighted by molar-refractivity contribution is -0.122. The first-order valence-electron chi connectivity index (χ1n) is 7.72. The maximum Gasteiger partial charge on any atom is 0.255 e. The minimum atomic E-state index is -3.33. The van der Waals surface area contributed by atoms with Gasteiger partial charge in [0.2, 0.25) is 5.91 Å². The third-order valence-corrected chi connectivity index (χ3v) is 5.07. The van der Waals surface area contributed by atoms with E-state index in [1.165, 1.54) is 25.5 Å². The van der Waals surface area contributed by atoms with Crippen LogP contribution in [-0.4, -0.2) is 38.6 Å². The molecule has 8 heteroatoms. The van der Waals surface area contributed by atoms with Crippen molar-refractivity contribution in [3.8, 4) is 0 Å². The highest BCUT2D eigenvalue weighted by atomic mass is 32.2. The van der Waals surface area contributed by atoms with Crippen LogP contribution in [0.15, 0.2) is 53.3 Å². The van der Waals surface area contributed by atoms with Gasteiger partial charge in [0, 0.05) is 6.54 Å². The van der Waals surface area contributed by atoms with E-state index in [0.29, 0.717) is 11.1 Å².